The molecule has 2 heterocycles. The summed E-state index contributed by atoms with van der Waals surface area (Å²) in [4.78, 5) is 31.4. The molecule has 35 heavy (non-hydrogen) atoms. The predicted octanol–water partition coefficient (Wildman–Crippen LogP) is 3.72. The molecule has 4 rings (SSSR count). The van der Waals surface area contributed by atoms with Crippen LogP contribution in [0.4, 0.5) is 10.5 Å². The molecule has 3 N–H and O–H groups in total. The molecule has 3 amide bonds. The van der Waals surface area contributed by atoms with E-state index in [-0.39, 0.29) is 36.4 Å². The van der Waals surface area contributed by atoms with Crippen molar-refractivity contribution in [2.24, 2.45) is 5.92 Å². The molecule has 1 unspecified atom stereocenters. The lowest BCUT2D eigenvalue weighted by Gasteiger charge is -2.29. The molecule has 2 aliphatic rings. The van der Waals surface area contributed by atoms with E-state index in [4.69, 9.17) is 4.74 Å². The highest BCUT2D eigenvalue weighted by Gasteiger charge is 2.26. The first-order valence-corrected chi connectivity index (χ1v) is 12.7. The number of aromatic nitrogens is 1. The van der Waals surface area contributed by atoms with Gasteiger partial charge in [0.25, 0.3) is 0 Å². The molecular weight excluding hydrogens is 442 g/mol. The zero-order valence-electron chi connectivity index (χ0n) is 20.8. The van der Waals surface area contributed by atoms with E-state index in [0.29, 0.717) is 24.5 Å². The number of pyridine rings is 1. The lowest BCUT2D eigenvalue weighted by Crippen LogP contribution is -2.41. The van der Waals surface area contributed by atoms with Gasteiger partial charge >= 0.3 is 6.03 Å². The summed E-state index contributed by atoms with van der Waals surface area (Å²) in [7, 11) is 2.07. The van der Waals surface area contributed by atoms with E-state index in [9.17, 15) is 9.59 Å². The first kappa shape index (κ1) is 25.0. The van der Waals surface area contributed by atoms with Gasteiger partial charge in [-0.1, -0.05) is 26.2 Å². The van der Waals surface area contributed by atoms with Crippen LogP contribution < -0.4 is 20.7 Å². The van der Waals surface area contributed by atoms with Gasteiger partial charge in [0.15, 0.2) is 0 Å². The van der Waals surface area contributed by atoms with Crippen LogP contribution in [-0.4, -0.2) is 54.1 Å². The third-order valence-electron chi connectivity index (χ3n) is 6.84. The lowest BCUT2D eigenvalue weighted by atomic mass is 9.96. The quantitative estimate of drug-likeness (QED) is 0.587. The number of carbonyl (C=O) groups is 2. The largest absolute Gasteiger partial charge is 0.488 e. The van der Waals surface area contributed by atoms with Crippen LogP contribution in [0.25, 0.3) is 0 Å². The molecule has 1 fully saturated rings. The van der Waals surface area contributed by atoms with Crippen LogP contribution in [0.15, 0.2) is 42.7 Å². The Hall–Kier alpha value is -3.13. The second-order valence-corrected chi connectivity index (χ2v) is 9.92. The van der Waals surface area contributed by atoms with Crippen molar-refractivity contribution in [2.45, 2.75) is 64.1 Å². The van der Waals surface area contributed by atoms with Gasteiger partial charge in [0.1, 0.15) is 11.9 Å². The summed E-state index contributed by atoms with van der Waals surface area (Å²) in [5.41, 5.74) is 2.62. The van der Waals surface area contributed by atoms with E-state index in [1.165, 1.54) is 12.0 Å². The number of nitrogens with zero attached hydrogens (tertiary/aromatic N) is 2. The minimum atomic E-state index is -0.200. The Bertz CT molecular complexity index is 994. The van der Waals surface area contributed by atoms with Crippen molar-refractivity contribution in [2.75, 3.05) is 25.5 Å². The first-order valence-electron chi connectivity index (χ1n) is 12.7. The van der Waals surface area contributed by atoms with Gasteiger partial charge in [-0.3, -0.25) is 14.7 Å². The second-order valence-electron chi connectivity index (χ2n) is 9.92. The van der Waals surface area contributed by atoms with Crippen molar-refractivity contribution in [1.82, 2.24) is 20.5 Å². The Morgan fingerprint density at radius 3 is 2.71 bits per heavy atom. The van der Waals surface area contributed by atoms with Crippen LogP contribution in [-0.2, 0) is 17.8 Å². The number of urea groups is 1. The molecule has 0 radical (unpaired) electrons. The van der Waals surface area contributed by atoms with E-state index in [0.717, 1.165) is 37.8 Å². The smallest absolute Gasteiger partial charge is 0.319 e. The summed E-state index contributed by atoms with van der Waals surface area (Å²) in [6.07, 6.45) is 9.33. The number of hydrogen-bond donors (Lipinski definition) is 3. The van der Waals surface area contributed by atoms with Crippen molar-refractivity contribution >= 4 is 17.6 Å². The minimum Gasteiger partial charge on any atom is -0.488 e. The van der Waals surface area contributed by atoms with E-state index in [2.05, 4.69) is 39.8 Å². The molecule has 8 nitrogen and oxygen atoms in total. The van der Waals surface area contributed by atoms with Crippen molar-refractivity contribution in [1.29, 1.82) is 0 Å². The SMILES string of the molecule is CC1CNC(=O)Cc2cc(NC(=O)NC3CCCCC3)ccc2O[C@H]1CN(C)Cc1ccncc1. The highest BCUT2D eigenvalue weighted by atomic mass is 16.5. The lowest BCUT2D eigenvalue weighted by molar-refractivity contribution is -0.120. The van der Waals surface area contributed by atoms with Crippen LogP contribution in [0.2, 0.25) is 0 Å². The molecule has 8 heteroatoms. The molecule has 1 aliphatic heterocycles. The number of anilines is 1. The van der Waals surface area contributed by atoms with E-state index in [1.54, 1.807) is 12.4 Å². The average molecular weight is 480 g/mol. The monoisotopic (exact) mass is 479 g/mol. The topological polar surface area (TPSA) is 95.6 Å². The maximum absolute atomic E-state index is 12.6. The number of amides is 3. The summed E-state index contributed by atoms with van der Waals surface area (Å²) < 4.78 is 6.49. The zero-order valence-corrected chi connectivity index (χ0v) is 20.8. The third-order valence-corrected chi connectivity index (χ3v) is 6.84. The molecule has 1 aromatic carbocycles. The highest BCUT2D eigenvalue weighted by Crippen LogP contribution is 2.27. The van der Waals surface area contributed by atoms with Crippen LogP contribution in [0.3, 0.4) is 0 Å². The number of likely N-dealkylation sites (N-methyl/N-ethyl adjacent to an activating group) is 1. The molecule has 2 aromatic rings. The molecule has 0 bridgehead atoms. The Balaban J connectivity index is 1.44. The fourth-order valence-electron chi connectivity index (χ4n) is 4.82. The molecule has 1 aliphatic carbocycles. The van der Waals surface area contributed by atoms with E-state index >= 15 is 0 Å². The number of hydrogen-bond acceptors (Lipinski definition) is 5. The molecule has 0 saturated heterocycles. The molecule has 2 atom stereocenters. The van der Waals surface area contributed by atoms with Gasteiger partial charge in [0.05, 0.1) is 6.42 Å². The number of benzene rings is 1. The van der Waals surface area contributed by atoms with Crippen LogP contribution in [0, 0.1) is 5.92 Å². The summed E-state index contributed by atoms with van der Waals surface area (Å²) in [6, 6.07) is 9.62. The third kappa shape index (κ3) is 7.42. The Morgan fingerprint density at radius 1 is 1.17 bits per heavy atom. The van der Waals surface area contributed by atoms with E-state index < -0.39 is 0 Å². The number of rotatable bonds is 6. The Morgan fingerprint density at radius 2 is 1.94 bits per heavy atom. The fourth-order valence-corrected chi connectivity index (χ4v) is 4.82. The molecular formula is C27H37N5O3. The van der Waals surface area contributed by atoms with Gasteiger partial charge in [-0.15, -0.1) is 0 Å². The Kier molecular flexibility index (Phi) is 8.58. The van der Waals surface area contributed by atoms with Gasteiger partial charge in [-0.2, -0.15) is 0 Å². The standard InChI is InChI=1S/C27H37N5O3/c1-19-16-29-26(33)15-21-14-23(31-27(34)30-22-6-4-3-5-7-22)8-9-24(21)35-25(19)18-32(2)17-20-10-12-28-13-11-20/h8-14,19,22,25H,3-7,15-18H2,1-2H3,(H,29,33)(H2,30,31,34)/t19?,25-/m0/s1. The zero-order chi connectivity index (χ0) is 24.6. The molecule has 188 valence electrons. The van der Waals surface area contributed by atoms with E-state index in [1.807, 2.05) is 30.3 Å². The molecule has 1 saturated carbocycles. The van der Waals surface area contributed by atoms with Gasteiger partial charge in [-0.25, -0.2) is 4.79 Å². The number of ether oxygens (including phenoxy) is 1. The van der Waals surface area contributed by atoms with Crippen molar-refractivity contribution in [3.8, 4) is 5.75 Å². The predicted molar refractivity (Wildman–Crippen MR) is 136 cm³/mol. The van der Waals surface area contributed by atoms with Crippen molar-refractivity contribution in [3.05, 3.63) is 53.9 Å². The second kappa shape index (κ2) is 12.0. The van der Waals surface area contributed by atoms with Gasteiger partial charge in [0, 0.05) is 55.2 Å². The fraction of sp³-hybridized carbons (Fsp3) is 0.519. The average Bonchev–Trinajstić information content (AvgIpc) is 2.89. The van der Waals surface area contributed by atoms with Gasteiger partial charge in [0.2, 0.25) is 5.91 Å². The molecule has 1 aromatic heterocycles. The van der Waals surface area contributed by atoms with Crippen LogP contribution in [0.5, 0.6) is 5.75 Å². The normalized spacial score (nSPS) is 21.1. The Labute approximate surface area is 207 Å². The van der Waals surface area contributed by atoms with Crippen LogP contribution >= 0.6 is 0 Å². The summed E-state index contributed by atoms with van der Waals surface area (Å²) >= 11 is 0. The summed E-state index contributed by atoms with van der Waals surface area (Å²) in [6.45, 7) is 4.15. The minimum absolute atomic E-state index is 0.0451. The molecule has 0 spiro atoms. The number of nitrogens with one attached hydrogen (secondary N) is 3. The van der Waals surface area contributed by atoms with Gasteiger partial charge in [-0.05, 0) is 55.8 Å². The summed E-state index contributed by atoms with van der Waals surface area (Å²) in [5.74, 6) is 0.773. The van der Waals surface area contributed by atoms with Crippen molar-refractivity contribution in [3.63, 3.8) is 0 Å². The first-order chi connectivity index (χ1) is 17.0. The van der Waals surface area contributed by atoms with Gasteiger partial charge < -0.3 is 20.7 Å². The number of fused-ring (bicyclic) bond motifs is 1. The highest BCUT2D eigenvalue weighted by molar-refractivity contribution is 5.90. The maximum Gasteiger partial charge on any atom is 0.319 e. The summed E-state index contributed by atoms with van der Waals surface area (Å²) in [5, 5.41) is 9.04. The van der Waals surface area contributed by atoms with Crippen molar-refractivity contribution < 1.29 is 14.3 Å². The maximum atomic E-state index is 12.6. The van der Waals surface area contributed by atoms with Crippen LogP contribution in [0.1, 0.15) is 50.2 Å². The number of carbonyl (C=O) groups excluding carboxylic acids is 2.